The molecule has 2 aromatic rings. The number of hydrogen-bond donors (Lipinski definition) is 3. The number of dihydropyridines is 1. The molecule has 6 nitrogen and oxygen atoms in total. The molecular formula is C27H31N3O3. The van der Waals surface area contributed by atoms with Crippen molar-refractivity contribution in [1.82, 2.24) is 15.5 Å². The molecule has 172 valence electrons. The Morgan fingerprint density at radius 3 is 2.06 bits per heavy atom. The summed E-state index contributed by atoms with van der Waals surface area (Å²) in [6.45, 7) is 3.53. The van der Waals surface area contributed by atoms with Gasteiger partial charge in [-0.3, -0.25) is 4.79 Å². The van der Waals surface area contributed by atoms with Crippen LogP contribution in [0, 0.1) is 0 Å². The molecule has 0 unspecified atom stereocenters. The van der Waals surface area contributed by atoms with E-state index in [0.29, 0.717) is 12.1 Å². The number of likely N-dealkylation sites (tertiary alicyclic amines) is 1. The molecular weight excluding hydrogens is 414 g/mol. The molecule has 3 N–H and O–H groups in total. The second-order valence-corrected chi connectivity index (χ2v) is 8.75. The number of carboxylic acids is 1. The molecule has 0 radical (unpaired) electrons. The smallest absolute Gasteiger partial charge is 0.333 e. The van der Waals surface area contributed by atoms with Crippen molar-refractivity contribution in [3.63, 3.8) is 0 Å². The van der Waals surface area contributed by atoms with Crippen molar-refractivity contribution >= 4 is 11.9 Å². The van der Waals surface area contributed by atoms with Gasteiger partial charge in [0.15, 0.2) is 0 Å². The number of piperidine rings is 1. The van der Waals surface area contributed by atoms with Crippen LogP contribution in [0.4, 0.5) is 0 Å². The Morgan fingerprint density at radius 2 is 1.48 bits per heavy atom. The predicted molar refractivity (Wildman–Crippen MR) is 129 cm³/mol. The van der Waals surface area contributed by atoms with Crippen molar-refractivity contribution < 1.29 is 14.7 Å². The second kappa shape index (κ2) is 10.5. The van der Waals surface area contributed by atoms with Gasteiger partial charge in [-0.2, -0.15) is 0 Å². The Morgan fingerprint density at radius 1 is 0.909 bits per heavy atom. The van der Waals surface area contributed by atoms with Gasteiger partial charge in [-0.05, 0) is 50.0 Å². The lowest BCUT2D eigenvalue weighted by molar-refractivity contribution is -0.132. The van der Waals surface area contributed by atoms with E-state index < -0.39 is 5.97 Å². The van der Waals surface area contributed by atoms with Crippen LogP contribution in [0.3, 0.4) is 0 Å². The van der Waals surface area contributed by atoms with E-state index in [1.165, 1.54) is 17.3 Å². The molecule has 2 aromatic carbocycles. The number of benzene rings is 2. The summed E-state index contributed by atoms with van der Waals surface area (Å²) in [5.74, 6) is -1.21. The molecule has 1 fully saturated rings. The largest absolute Gasteiger partial charge is 0.478 e. The number of hydrogen-bond acceptors (Lipinski definition) is 4. The lowest BCUT2D eigenvalue weighted by Crippen LogP contribution is -2.44. The zero-order valence-corrected chi connectivity index (χ0v) is 18.8. The minimum atomic E-state index is -1.01. The van der Waals surface area contributed by atoms with Crippen LogP contribution in [0.15, 0.2) is 84.2 Å². The Labute approximate surface area is 195 Å². The molecule has 33 heavy (non-hydrogen) atoms. The average Bonchev–Trinajstić information content (AvgIpc) is 2.88. The fourth-order valence-corrected chi connectivity index (χ4v) is 4.87. The number of carboxylic acid groups (broad SMARTS) is 1. The van der Waals surface area contributed by atoms with E-state index in [1.54, 1.807) is 6.20 Å². The van der Waals surface area contributed by atoms with E-state index in [1.807, 2.05) is 0 Å². The molecule has 6 heteroatoms. The Balaban J connectivity index is 1.27. The van der Waals surface area contributed by atoms with Gasteiger partial charge in [0.1, 0.15) is 0 Å². The summed E-state index contributed by atoms with van der Waals surface area (Å²) in [6.07, 6.45) is 6.12. The monoisotopic (exact) mass is 445 g/mol. The summed E-state index contributed by atoms with van der Waals surface area (Å²) in [7, 11) is 0. The minimum Gasteiger partial charge on any atom is -0.478 e. The first-order valence-corrected chi connectivity index (χ1v) is 11.6. The standard InChI is InChI=1S/C27H31N3O3/c31-25(21-18-22(26(32)33)20-28-19-21)29-14-7-15-30-16-12-27(13-17-30,23-8-3-1-4-9-23)24-10-5-2-6-11-24/h1-6,8-11,19-20,28H,7,12-18H2,(H,29,31)(H,32,33). The van der Waals surface area contributed by atoms with Crippen LogP contribution in [0.25, 0.3) is 0 Å². The molecule has 0 saturated carbocycles. The van der Waals surface area contributed by atoms with Crippen molar-refractivity contribution in [2.45, 2.75) is 31.1 Å². The molecule has 0 aliphatic carbocycles. The highest BCUT2D eigenvalue weighted by Crippen LogP contribution is 2.41. The molecule has 1 amide bonds. The third-order valence-corrected chi connectivity index (χ3v) is 6.76. The first-order valence-electron chi connectivity index (χ1n) is 11.6. The molecule has 0 bridgehead atoms. The number of carbonyl (C=O) groups is 2. The SMILES string of the molecule is O=C(O)C1=CNC=C(C(=O)NCCCN2CCC(c3ccccc3)(c3ccccc3)CC2)C1. The van der Waals surface area contributed by atoms with Crippen LogP contribution in [-0.4, -0.2) is 48.1 Å². The maximum atomic E-state index is 12.4. The topological polar surface area (TPSA) is 81.7 Å². The highest BCUT2D eigenvalue weighted by atomic mass is 16.4. The summed E-state index contributed by atoms with van der Waals surface area (Å²) in [5, 5.41) is 14.8. The Kier molecular flexibility index (Phi) is 7.25. The van der Waals surface area contributed by atoms with E-state index in [2.05, 4.69) is 76.2 Å². The normalized spacial score (nSPS) is 17.9. The number of aliphatic carboxylic acids is 1. The van der Waals surface area contributed by atoms with Crippen LogP contribution in [0.1, 0.15) is 36.8 Å². The molecule has 0 atom stereocenters. The van der Waals surface area contributed by atoms with Crippen molar-refractivity contribution in [3.8, 4) is 0 Å². The van der Waals surface area contributed by atoms with Gasteiger partial charge in [0.05, 0.1) is 5.57 Å². The van der Waals surface area contributed by atoms with Gasteiger partial charge in [-0.15, -0.1) is 0 Å². The zero-order valence-electron chi connectivity index (χ0n) is 18.8. The highest BCUT2D eigenvalue weighted by Gasteiger charge is 2.37. The lowest BCUT2D eigenvalue weighted by Gasteiger charge is -2.43. The van der Waals surface area contributed by atoms with Crippen LogP contribution in [-0.2, 0) is 15.0 Å². The van der Waals surface area contributed by atoms with Gasteiger partial charge in [0, 0.05) is 36.4 Å². The zero-order chi connectivity index (χ0) is 23.1. The average molecular weight is 446 g/mol. The van der Waals surface area contributed by atoms with E-state index in [0.717, 1.165) is 38.9 Å². The Hall–Kier alpha value is -3.38. The van der Waals surface area contributed by atoms with Crippen LogP contribution in [0.2, 0.25) is 0 Å². The number of rotatable bonds is 8. The molecule has 2 aliphatic heterocycles. The first kappa shape index (κ1) is 22.8. The van der Waals surface area contributed by atoms with Crippen molar-refractivity contribution in [1.29, 1.82) is 0 Å². The van der Waals surface area contributed by atoms with E-state index in [9.17, 15) is 9.59 Å². The van der Waals surface area contributed by atoms with Crippen LogP contribution < -0.4 is 10.6 Å². The van der Waals surface area contributed by atoms with Gasteiger partial charge in [-0.1, -0.05) is 60.7 Å². The van der Waals surface area contributed by atoms with E-state index in [-0.39, 0.29) is 23.3 Å². The van der Waals surface area contributed by atoms with Gasteiger partial charge >= 0.3 is 5.97 Å². The van der Waals surface area contributed by atoms with Crippen LogP contribution >= 0.6 is 0 Å². The number of amides is 1. The predicted octanol–water partition coefficient (Wildman–Crippen LogP) is 3.42. The minimum absolute atomic E-state index is 0.0447. The molecule has 0 spiro atoms. The number of carbonyl (C=O) groups excluding carboxylic acids is 1. The van der Waals surface area contributed by atoms with E-state index in [4.69, 9.17) is 5.11 Å². The fourth-order valence-electron chi connectivity index (χ4n) is 4.87. The molecule has 4 rings (SSSR count). The number of nitrogens with zero attached hydrogens (tertiary/aromatic N) is 1. The summed E-state index contributed by atoms with van der Waals surface area (Å²) in [4.78, 5) is 26.0. The Bertz CT molecular complexity index is 982. The summed E-state index contributed by atoms with van der Waals surface area (Å²) >= 11 is 0. The molecule has 2 aliphatic rings. The highest BCUT2D eigenvalue weighted by molar-refractivity contribution is 5.97. The summed E-state index contributed by atoms with van der Waals surface area (Å²) in [6, 6.07) is 21.6. The van der Waals surface area contributed by atoms with Crippen molar-refractivity contribution in [2.24, 2.45) is 0 Å². The first-order chi connectivity index (χ1) is 16.1. The fraction of sp³-hybridized carbons (Fsp3) is 0.333. The molecule has 1 saturated heterocycles. The van der Waals surface area contributed by atoms with Gasteiger partial charge in [0.2, 0.25) is 5.91 Å². The van der Waals surface area contributed by atoms with Crippen molar-refractivity contribution in [3.05, 3.63) is 95.3 Å². The third-order valence-electron chi connectivity index (χ3n) is 6.76. The maximum absolute atomic E-state index is 12.4. The lowest BCUT2D eigenvalue weighted by atomic mass is 9.68. The van der Waals surface area contributed by atoms with Gasteiger partial charge in [-0.25, -0.2) is 4.79 Å². The van der Waals surface area contributed by atoms with Crippen molar-refractivity contribution in [2.75, 3.05) is 26.2 Å². The molecule has 0 aromatic heterocycles. The summed E-state index contributed by atoms with van der Waals surface area (Å²) in [5.41, 5.74) is 3.45. The maximum Gasteiger partial charge on any atom is 0.333 e. The van der Waals surface area contributed by atoms with Gasteiger partial charge < -0.3 is 20.6 Å². The quantitative estimate of drug-likeness (QED) is 0.543. The molecule has 2 heterocycles. The third kappa shape index (κ3) is 5.34. The van der Waals surface area contributed by atoms with Crippen LogP contribution in [0.5, 0.6) is 0 Å². The number of nitrogens with one attached hydrogen (secondary N) is 2. The van der Waals surface area contributed by atoms with E-state index >= 15 is 0 Å². The summed E-state index contributed by atoms with van der Waals surface area (Å²) < 4.78 is 0. The van der Waals surface area contributed by atoms with Gasteiger partial charge in [0.25, 0.3) is 0 Å². The second-order valence-electron chi connectivity index (χ2n) is 8.75.